The fourth-order valence-corrected chi connectivity index (χ4v) is 2.30. The standard InChI is InChI=1S/C17H34O2/c1-14(2)11-9-7-6-8-10-12-19-17(18)16(5)13-15(3)4/h14-16H,6-13H2,1-5H3. The topological polar surface area (TPSA) is 26.3 Å². The summed E-state index contributed by atoms with van der Waals surface area (Å²) in [5.41, 5.74) is 0. The molecule has 0 N–H and O–H groups in total. The van der Waals surface area contributed by atoms with Crippen molar-refractivity contribution in [3.8, 4) is 0 Å². The van der Waals surface area contributed by atoms with Crippen LogP contribution >= 0.6 is 0 Å². The molecule has 0 saturated heterocycles. The van der Waals surface area contributed by atoms with Crippen LogP contribution in [0.5, 0.6) is 0 Å². The fraction of sp³-hybridized carbons (Fsp3) is 0.941. The summed E-state index contributed by atoms with van der Waals surface area (Å²) in [4.78, 5) is 11.7. The second kappa shape index (κ2) is 11.3. The van der Waals surface area contributed by atoms with Gasteiger partial charge in [-0.2, -0.15) is 0 Å². The van der Waals surface area contributed by atoms with Crippen molar-refractivity contribution < 1.29 is 9.53 Å². The van der Waals surface area contributed by atoms with E-state index in [1.807, 2.05) is 6.92 Å². The molecule has 0 aliphatic rings. The Morgan fingerprint density at radius 3 is 2.00 bits per heavy atom. The van der Waals surface area contributed by atoms with Gasteiger partial charge in [0.05, 0.1) is 12.5 Å². The molecule has 2 nitrogen and oxygen atoms in total. The zero-order valence-electron chi connectivity index (χ0n) is 13.7. The highest BCUT2D eigenvalue weighted by atomic mass is 16.5. The van der Waals surface area contributed by atoms with Crippen molar-refractivity contribution in [1.82, 2.24) is 0 Å². The molecular weight excluding hydrogens is 236 g/mol. The average molecular weight is 270 g/mol. The van der Waals surface area contributed by atoms with E-state index in [1.165, 1.54) is 32.1 Å². The van der Waals surface area contributed by atoms with Crippen molar-refractivity contribution in [1.29, 1.82) is 0 Å². The Kier molecular flexibility index (Phi) is 11.0. The number of hydrogen-bond donors (Lipinski definition) is 0. The zero-order chi connectivity index (χ0) is 14.7. The summed E-state index contributed by atoms with van der Waals surface area (Å²) in [7, 11) is 0. The number of ether oxygens (including phenoxy) is 1. The smallest absolute Gasteiger partial charge is 0.308 e. The van der Waals surface area contributed by atoms with Gasteiger partial charge in [0.2, 0.25) is 0 Å². The first-order valence-electron chi connectivity index (χ1n) is 8.10. The molecule has 0 amide bonds. The SMILES string of the molecule is CC(C)CCCCCCCOC(=O)C(C)CC(C)C. The third-order valence-corrected chi connectivity index (χ3v) is 3.40. The Hall–Kier alpha value is -0.530. The van der Waals surface area contributed by atoms with Crippen LogP contribution in [-0.4, -0.2) is 12.6 Å². The Labute approximate surface area is 120 Å². The molecule has 0 saturated carbocycles. The van der Waals surface area contributed by atoms with E-state index in [9.17, 15) is 4.79 Å². The lowest BCUT2D eigenvalue weighted by Crippen LogP contribution is -2.17. The molecular formula is C17H34O2. The maximum Gasteiger partial charge on any atom is 0.308 e. The summed E-state index contributed by atoms with van der Waals surface area (Å²) < 4.78 is 5.31. The van der Waals surface area contributed by atoms with E-state index in [1.54, 1.807) is 0 Å². The first-order chi connectivity index (χ1) is 8.93. The van der Waals surface area contributed by atoms with Crippen molar-refractivity contribution in [2.75, 3.05) is 6.61 Å². The number of esters is 1. The summed E-state index contributed by atoms with van der Waals surface area (Å²) in [6.07, 6.45) is 8.38. The molecule has 1 unspecified atom stereocenters. The lowest BCUT2D eigenvalue weighted by molar-refractivity contribution is -0.148. The monoisotopic (exact) mass is 270 g/mol. The quantitative estimate of drug-likeness (QED) is 0.380. The molecule has 0 fully saturated rings. The molecule has 1 atom stereocenters. The van der Waals surface area contributed by atoms with Crippen molar-refractivity contribution in [3.63, 3.8) is 0 Å². The van der Waals surface area contributed by atoms with E-state index >= 15 is 0 Å². The van der Waals surface area contributed by atoms with E-state index < -0.39 is 0 Å². The summed E-state index contributed by atoms with van der Waals surface area (Å²) in [5.74, 6) is 1.41. The van der Waals surface area contributed by atoms with Crippen LogP contribution in [0.2, 0.25) is 0 Å². The van der Waals surface area contributed by atoms with Gasteiger partial charge in [-0.15, -0.1) is 0 Å². The summed E-state index contributed by atoms with van der Waals surface area (Å²) >= 11 is 0. The van der Waals surface area contributed by atoms with E-state index in [-0.39, 0.29) is 11.9 Å². The third-order valence-electron chi connectivity index (χ3n) is 3.40. The lowest BCUT2D eigenvalue weighted by Gasteiger charge is -2.13. The van der Waals surface area contributed by atoms with E-state index in [0.717, 1.165) is 18.8 Å². The number of carbonyl (C=O) groups excluding carboxylic acids is 1. The molecule has 0 bridgehead atoms. The predicted molar refractivity (Wildman–Crippen MR) is 82.1 cm³/mol. The number of rotatable bonds is 11. The van der Waals surface area contributed by atoms with Crippen LogP contribution in [0.1, 0.15) is 79.6 Å². The first-order valence-corrected chi connectivity index (χ1v) is 8.10. The van der Waals surface area contributed by atoms with Crippen LogP contribution in [0, 0.1) is 17.8 Å². The normalized spacial score (nSPS) is 13.0. The fourth-order valence-electron chi connectivity index (χ4n) is 2.30. The molecule has 0 rings (SSSR count). The van der Waals surface area contributed by atoms with E-state index in [4.69, 9.17) is 4.74 Å². The minimum atomic E-state index is -0.0199. The Balaban J connectivity index is 3.36. The minimum absolute atomic E-state index is 0.0199. The molecule has 0 aromatic rings. The molecule has 0 aliphatic carbocycles. The predicted octanol–water partition coefficient (Wildman–Crippen LogP) is 5.21. The summed E-state index contributed by atoms with van der Waals surface area (Å²) in [6, 6.07) is 0. The van der Waals surface area contributed by atoms with E-state index in [0.29, 0.717) is 12.5 Å². The Morgan fingerprint density at radius 2 is 1.42 bits per heavy atom. The molecule has 0 aromatic heterocycles. The van der Waals surface area contributed by atoms with Crippen LogP contribution in [0.3, 0.4) is 0 Å². The van der Waals surface area contributed by atoms with Gasteiger partial charge < -0.3 is 4.74 Å². The van der Waals surface area contributed by atoms with Gasteiger partial charge >= 0.3 is 5.97 Å². The van der Waals surface area contributed by atoms with Gasteiger partial charge in [0.15, 0.2) is 0 Å². The van der Waals surface area contributed by atoms with Crippen LogP contribution in [0.4, 0.5) is 0 Å². The highest BCUT2D eigenvalue weighted by Crippen LogP contribution is 2.13. The van der Waals surface area contributed by atoms with Crippen LogP contribution in [-0.2, 0) is 9.53 Å². The van der Waals surface area contributed by atoms with Crippen LogP contribution in [0.15, 0.2) is 0 Å². The number of carbonyl (C=O) groups is 1. The van der Waals surface area contributed by atoms with Crippen molar-refractivity contribution in [2.45, 2.75) is 79.6 Å². The number of unbranched alkanes of at least 4 members (excludes halogenated alkanes) is 4. The van der Waals surface area contributed by atoms with Crippen molar-refractivity contribution in [3.05, 3.63) is 0 Å². The van der Waals surface area contributed by atoms with Crippen molar-refractivity contribution in [2.24, 2.45) is 17.8 Å². The first kappa shape index (κ1) is 18.5. The van der Waals surface area contributed by atoms with Gasteiger partial charge in [0.25, 0.3) is 0 Å². The summed E-state index contributed by atoms with van der Waals surface area (Å²) in [5, 5.41) is 0. The molecule has 0 radical (unpaired) electrons. The lowest BCUT2D eigenvalue weighted by atomic mass is 9.99. The maximum atomic E-state index is 11.7. The van der Waals surface area contributed by atoms with Gasteiger partial charge in [-0.25, -0.2) is 0 Å². The highest BCUT2D eigenvalue weighted by Gasteiger charge is 2.15. The second-order valence-electron chi connectivity index (χ2n) is 6.65. The van der Waals surface area contributed by atoms with Gasteiger partial charge in [-0.1, -0.05) is 66.7 Å². The van der Waals surface area contributed by atoms with E-state index in [2.05, 4.69) is 27.7 Å². The molecule has 19 heavy (non-hydrogen) atoms. The summed E-state index contributed by atoms with van der Waals surface area (Å²) in [6.45, 7) is 11.4. The molecule has 2 heteroatoms. The van der Waals surface area contributed by atoms with Crippen LogP contribution < -0.4 is 0 Å². The number of hydrogen-bond acceptors (Lipinski definition) is 2. The molecule has 0 aromatic carbocycles. The van der Waals surface area contributed by atoms with Gasteiger partial charge in [-0.05, 0) is 24.7 Å². The maximum absolute atomic E-state index is 11.7. The Morgan fingerprint density at radius 1 is 0.842 bits per heavy atom. The Bertz CT molecular complexity index is 221. The van der Waals surface area contributed by atoms with Gasteiger partial charge in [0, 0.05) is 0 Å². The van der Waals surface area contributed by atoms with Gasteiger partial charge in [-0.3, -0.25) is 4.79 Å². The second-order valence-corrected chi connectivity index (χ2v) is 6.65. The zero-order valence-corrected chi connectivity index (χ0v) is 13.7. The third kappa shape index (κ3) is 12.3. The largest absolute Gasteiger partial charge is 0.465 e. The van der Waals surface area contributed by atoms with Gasteiger partial charge in [0.1, 0.15) is 0 Å². The highest BCUT2D eigenvalue weighted by molar-refractivity contribution is 5.71. The average Bonchev–Trinajstić information content (AvgIpc) is 2.30. The molecule has 0 spiro atoms. The minimum Gasteiger partial charge on any atom is -0.465 e. The molecule has 0 aliphatic heterocycles. The van der Waals surface area contributed by atoms with Crippen molar-refractivity contribution >= 4 is 5.97 Å². The molecule has 114 valence electrons. The van der Waals surface area contributed by atoms with Crippen LogP contribution in [0.25, 0.3) is 0 Å². The molecule has 0 heterocycles.